The van der Waals surface area contributed by atoms with Crippen LogP contribution in [0.3, 0.4) is 0 Å². The van der Waals surface area contributed by atoms with Crippen molar-refractivity contribution < 1.29 is 4.74 Å². The lowest BCUT2D eigenvalue weighted by molar-refractivity contribution is 0.395. The van der Waals surface area contributed by atoms with Crippen LogP contribution in [0.15, 0.2) is 48.8 Å². The van der Waals surface area contributed by atoms with Crippen molar-refractivity contribution in [3.63, 3.8) is 0 Å². The van der Waals surface area contributed by atoms with E-state index in [0.717, 1.165) is 12.2 Å². The molecule has 3 rings (SSSR count). The molecule has 1 aromatic heterocycles. The van der Waals surface area contributed by atoms with Gasteiger partial charge in [-0.3, -0.25) is 4.98 Å². The van der Waals surface area contributed by atoms with Crippen molar-refractivity contribution in [2.75, 3.05) is 7.11 Å². The van der Waals surface area contributed by atoms with Crippen LogP contribution in [0.2, 0.25) is 0 Å². The topological polar surface area (TPSA) is 34.1 Å². The second-order valence-electron chi connectivity index (χ2n) is 6.26. The summed E-state index contributed by atoms with van der Waals surface area (Å²) in [5.74, 6) is 1.40. The number of ether oxygens (including phenoxy) is 1. The van der Waals surface area contributed by atoms with Gasteiger partial charge in [-0.15, -0.1) is 24.8 Å². The number of pyridine rings is 1. The molecule has 0 aliphatic carbocycles. The molecule has 2 aromatic rings. The lowest BCUT2D eigenvalue weighted by Crippen LogP contribution is -2.37. The standard InChI is InChI=1S/C18H22N2O.2ClH/c1-18(2)16(13-7-9-19-10-8-13)12-17(20-18)14-5-4-6-15(11-14)21-3;;/h4-11,16-17,20H,12H2,1-3H3;2*1H/t16-,17+;;/m1../s1. The van der Waals surface area contributed by atoms with E-state index in [-0.39, 0.29) is 30.4 Å². The summed E-state index contributed by atoms with van der Waals surface area (Å²) in [6, 6.07) is 13.0. The van der Waals surface area contributed by atoms with Crippen LogP contribution in [0, 0.1) is 0 Å². The summed E-state index contributed by atoms with van der Waals surface area (Å²) in [4.78, 5) is 4.13. The highest BCUT2D eigenvalue weighted by Crippen LogP contribution is 2.43. The first-order chi connectivity index (χ1) is 10.1. The summed E-state index contributed by atoms with van der Waals surface area (Å²) in [5.41, 5.74) is 2.71. The Labute approximate surface area is 150 Å². The van der Waals surface area contributed by atoms with Crippen LogP contribution in [-0.2, 0) is 0 Å². The summed E-state index contributed by atoms with van der Waals surface area (Å²) < 4.78 is 5.34. The molecule has 126 valence electrons. The normalized spacial score (nSPS) is 21.9. The minimum Gasteiger partial charge on any atom is -0.497 e. The molecule has 2 atom stereocenters. The SMILES string of the molecule is COc1cccc([C@@H]2C[C@H](c3ccncc3)C(C)(C)N2)c1.Cl.Cl. The van der Waals surface area contributed by atoms with Crippen LogP contribution in [-0.4, -0.2) is 17.6 Å². The number of benzene rings is 1. The molecule has 0 radical (unpaired) electrons. The number of rotatable bonds is 3. The second kappa shape index (κ2) is 8.00. The number of methoxy groups -OCH3 is 1. The Bertz CT molecular complexity index is 619. The molecule has 1 N–H and O–H groups in total. The maximum Gasteiger partial charge on any atom is 0.119 e. The van der Waals surface area contributed by atoms with Crippen LogP contribution in [0.5, 0.6) is 5.75 Å². The maximum atomic E-state index is 5.34. The Morgan fingerprint density at radius 3 is 2.43 bits per heavy atom. The first kappa shape index (κ1) is 19.8. The molecule has 0 saturated carbocycles. The third kappa shape index (κ3) is 4.17. The highest BCUT2D eigenvalue weighted by atomic mass is 35.5. The van der Waals surface area contributed by atoms with Gasteiger partial charge < -0.3 is 10.1 Å². The zero-order chi connectivity index (χ0) is 14.9. The number of aromatic nitrogens is 1. The average molecular weight is 355 g/mol. The van der Waals surface area contributed by atoms with Crippen LogP contribution in [0.4, 0.5) is 0 Å². The molecule has 1 fully saturated rings. The van der Waals surface area contributed by atoms with Crippen molar-refractivity contribution in [1.82, 2.24) is 10.3 Å². The van der Waals surface area contributed by atoms with E-state index in [9.17, 15) is 0 Å². The van der Waals surface area contributed by atoms with Gasteiger partial charge in [-0.1, -0.05) is 12.1 Å². The lowest BCUT2D eigenvalue weighted by atomic mass is 9.83. The maximum absolute atomic E-state index is 5.34. The summed E-state index contributed by atoms with van der Waals surface area (Å²) in [6.45, 7) is 4.55. The average Bonchev–Trinajstić information content (AvgIpc) is 2.84. The third-order valence-electron chi connectivity index (χ3n) is 4.49. The molecule has 23 heavy (non-hydrogen) atoms. The molecule has 0 bridgehead atoms. The van der Waals surface area contributed by atoms with Gasteiger partial charge in [0, 0.05) is 29.9 Å². The minimum absolute atomic E-state index is 0. The molecule has 1 aliphatic rings. The van der Waals surface area contributed by atoms with Gasteiger partial charge >= 0.3 is 0 Å². The first-order valence-electron chi connectivity index (χ1n) is 7.42. The predicted molar refractivity (Wildman–Crippen MR) is 99.0 cm³/mol. The molecule has 5 heteroatoms. The Morgan fingerprint density at radius 2 is 1.78 bits per heavy atom. The van der Waals surface area contributed by atoms with Gasteiger partial charge in [0.05, 0.1) is 7.11 Å². The van der Waals surface area contributed by atoms with Crippen molar-refractivity contribution in [2.24, 2.45) is 0 Å². The molecule has 2 heterocycles. The Hall–Kier alpha value is -1.29. The van der Waals surface area contributed by atoms with Crippen LogP contribution in [0.25, 0.3) is 0 Å². The zero-order valence-electron chi connectivity index (χ0n) is 13.7. The lowest BCUT2D eigenvalue weighted by Gasteiger charge is -2.27. The highest BCUT2D eigenvalue weighted by molar-refractivity contribution is 5.85. The largest absolute Gasteiger partial charge is 0.497 e. The van der Waals surface area contributed by atoms with Crippen molar-refractivity contribution >= 4 is 24.8 Å². The van der Waals surface area contributed by atoms with E-state index in [1.807, 2.05) is 18.5 Å². The smallest absolute Gasteiger partial charge is 0.119 e. The molecule has 0 spiro atoms. The predicted octanol–water partition coefficient (Wildman–Crippen LogP) is 4.53. The summed E-state index contributed by atoms with van der Waals surface area (Å²) >= 11 is 0. The molecular formula is C18H24Cl2N2O. The molecule has 1 saturated heterocycles. The van der Waals surface area contributed by atoms with Crippen LogP contribution >= 0.6 is 24.8 Å². The fraction of sp³-hybridized carbons (Fsp3) is 0.389. The summed E-state index contributed by atoms with van der Waals surface area (Å²) in [7, 11) is 1.71. The third-order valence-corrected chi connectivity index (χ3v) is 4.49. The Morgan fingerprint density at radius 1 is 1.09 bits per heavy atom. The van der Waals surface area contributed by atoms with E-state index in [0.29, 0.717) is 12.0 Å². The number of nitrogens with zero attached hydrogens (tertiary/aromatic N) is 1. The van der Waals surface area contributed by atoms with Crippen molar-refractivity contribution in [2.45, 2.75) is 37.8 Å². The van der Waals surface area contributed by atoms with E-state index in [1.54, 1.807) is 7.11 Å². The van der Waals surface area contributed by atoms with Gasteiger partial charge in [0.25, 0.3) is 0 Å². The van der Waals surface area contributed by atoms with Crippen molar-refractivity contribution in [3.05, 3.63) is 59.9 Å². The molecule has 0 unspecified atom stereocenters. The number of hydrogen-bond donors (Lipinski definition) is 1. The van der Waals surface area contributed by atoms with E-state index < -0.39 is 0 Å². The van der Waals surface area contributed by atoms with Crippen molar-refractivity contribution in [3.8, 4) is 5.75 Å². The van der Waals surface area contributed by atoms with Crippen LogP contribution < -0.4 is 10.1 Å². The fourth-order valence-electron chi connectivity index (χ4n) is 3.37. The molecule has 3 nitrogen and oxygen atoms in total. The summed E-state index contributed by atoms with van der Waals surface area (Å²) in [5, 5.41) is 3.77. The van der Waals surface area contributed by atoms with Gasteiger partial charge in [0.15, 0.2) is 0 Å². The van der Waals surface area contributed by atoms with E-state index in [2.05, 4.69) is 54.5 Å². The number of halogens is 2. The second-order valence-corrected chi connectivity index (χ2v) is 6.26. The van der Waals surface area contributed by atoms with Crippen LogP contribution in [0.1, 0.15) is 43.4 Å². The number of nitrogens with one attached hydrogen (secondary N) is 1. The Kier molecular flexibility index (Phi) is 6.87. The van der Waals surface area contributed by atoms with Gasteiger partial charge in [0.1, 0.15) is 5.75 Å². The highest BCUT2D eigenvalue weighted by Gasteiger charge is 2.41. The monoisotopic (exact) mass is 354 g/mol. The van der Waals surface area contributed by atoms with Gasteiger partial charge in [-0.2, -0.15) is 0 Å². The molecule has 1 aliphatic heterocycles. The Balaban J connectivity index is 0.00000132. The van der Waals surface area contributed by atoms with E-state index >= 15 is 0 Å². The van der Waals surface area contributed by atoms with Crippen molar-refractivity contribution in [1.29, 1.82) is 0 Å². The first-order valence-corrected chi connectivity index (χ1v) is 7.42. The zero-order valence-corrected chi connectivity index (χ0v) is 15.3. The van der Waals surface area contributed by atoms with Gasteiger partial charge in [-0.25, -0.2) is 0 Å². The summed E-state index contributed by atoms with van der Waals surface area (Å²) in [6.07, 6.45) is 4.85. The number of hydrogen-bond acceptors (Lipinski definition) is 3. The molecule has 1 aromatic carbocycles. The van der Waals surface area contributed by atoms with Gasteiger partial charge in [0.2, 0.25) is 0 Å². The van der Waals surface area contributed by atoms with Gasteiger partial charge in [-0.05, 0) is 55.7 Å². The fourth-order valence-corrected chi connectivity index (χ4v) is 3.37. The molecule has 0 amide bonds. The molecular weight excluding hydrogens is 331 g/mol. The minimum atomic E-state index is 0. The van der Waals surface area contributed by atoms with E-state index in [4.69, 9.17) is 4.74 Å². The van der Waals surface area contributed by atoms with E-state index in [1.165, 1.54) is 11.1 Å². The quantitative estimate of drug-likeness (QED) is 0.878.